The van der Waals surface area contributed by atoms with E-state index in [1.807, 2.05) is 4.90 Å². The molecular weight excluding hydrogens is 272 g/mol. The van der Waals surface area contributed by atoms with Gasteiger partial charge in [0.25, 0.3) is 5.91 Å². The Labute approximate surface area is 125 Å². The minimum Gasteiger partial charge on any atom is -0.399 e. The van der Waals surface area contributed by atoms with Crippen molar-refractivity contribution in [1.29, 1.82) is 0 Å². The van der Waals surface area contributed by atoms with E-state index < -0.39 is 0 Å². The number of hydrogen-bond donors (Lipinski definition) is 1. The van der Waals surface area contributed by atoms with E-state index in [1.165, 1.54) is 25.7 Å². The highest BCUT2D eigenvalue weighted by Gasteiger charge is 2.36. The molecular formula is C16H21ClN2O. The number of nitrogens with zero attached hydrogens (tertiary/aromatic N) is 1. The van der Waals surface area contributed by atoms with Gasteiger partial charge >= 0.3 is 0 Å². The molecule has 1 heterocycles. The summed E-state index contributed by atoms with van der Waals surface area (Å²) in [6, 6.07) is 5.55. The Hall–Kier alpha value is -1.22. The molecule has 1 saturated carbocycles. The average Bonchev–Trinajstić information content (AvgIpc) is 3.10. The third-order valence-electron chi connectivity index (χ3n) is 4.72. The summed E-state index contributed by atoms with van der Waals surface area (Å²) in [5.74, 6) is 0.734. The fourth-order valence-corrected chi connectivity index (χ4v) is 3.94. The molecule has 1 atom stereocenters. The second kappa shape index (κ2) is 5.65. The van der Waals surface area contributed by atoms with Crippen LogP contribution < -0.4 is 5.73 Å². The zero-order valence-corrected chi connectivity index (χ0v) is 12.4. The molecule has 3 rings (SSSR count). The molecule has 0 aromatic heterocycles. The number of hydrogen-bond acceptors (Lipinski definition) is 2. The van der Waals surface area contributed by atoms with Gasteiger partial charge in [0.2, 0.25) is 0 Å². The Kier molecular flexibility index (Phi) is 3.88. The lowest BCUT2D eigenvalue weighted by molar-refractivity contribution is 0.0689. The third-order valence-corrected chi connectivity index (χ3v) is 5.05. The van der Waals surface area contributed by atoms with Crippen LogP contribution in [0, 0.1) is 5.92 Å². The average molecular weight is 293 g/mol. The molecule has 4 heteroatoms. The normalized spacial score (nSPS) is 23.4. The summed E-state index contributed by atoms with van der Waals surface area (Å²) >= 11 is 6.17. The predicted molar refractivity (Wildman–Crippen MR) is 81.9 cm³/mol. The maximum absolute atomic E-state index is 12.8. The zero-order valence-electron chi connectivity index (χ0n) is 11.6. The number of anilines is 1. The molecule has 3 nitrogen and oxygen atoms in total. The van der Waals surface area contributed by atoms with Gasteiger partial charge in [-0.2, -0.15) is 0 Å². The molecule has 1 aromatic carbocycles. The van der Waals surface area contributed by atoms with E-state index in [0.717, 1.165) is 19.4 Å². The fourth-order valence-electron chi connectivity index (χ4n) is 3.74. The number of rotatable bonds is 2. The van der Waals surface area contributed by atoms with Crippen molar-refractivity contribution in [2.75, 3.05) is 12.3 Å². The Morgan fingerprint density at radius 1 is 1.20 bits per heavy atom. The van der Waals surface area contributed by atoms with Gasteiger partial charge in [-0.15, -0.1) is 0 Å². The maximum Gasteiger partial charge on any atom is 0.255 e. The highest BCUT2D eigenvalue weighted by molar-refractivity contribution is 6.34. The van der Waals surface area contributed by atoms with Crippen molar-refractivity contribution in [3.63, 3.8) is 0 Å². The van der Waals surface area contributed by atoms with Crippen LogP contribution in [0.2, 0.25) is 5.02 Å². The molecule has 1 amide bonds. The van der Waals surface area contributed by atoms with E-state index in [2.05, 4.69) is 0 Å². The van der Waals surface area contributed by atoms with E-state index in [0.29, 0.717) is 28.2 Å². The predicted octanol–water partition coefficient (Wildman–Crippen LogP) is 3.72. The van der Waals surface area contributed by atoms with E-state index in [9.17, 15) is 4.79 Å². The first-order valence-electron chi connectivity index (χ1n) is 7.53. The zero-order chi connectivity index (χ0) is 14.1. The van der Waals surface area contributed by atoms with Crippen LogP contribution in [0.15, 0.2) is 18.2 Å². The van der Waals surface area contributed by atoms with Crippen molar-refractivity contribution < 1.29 is 4.79 Å². The van der Waals surface area contributed by atoms with Gasteiger partial charge in [0.15, 0.2) is 0 Å². The van der Waals surface area contributed by atoms with Crippen LogP contribution in [0.25, 0.3) is 0 Å². The van der Waals surface area contributed by atoms with Crippen LogP contribution in [0.1, 0.15) is 48.9 Å². The molecule has 1 aromatic rings. The van der Waals surface area contributed by atoms with E-state index in [4.69, 9.17) is 17.3 Å². The largest absolute Gasteiger partial charge is 0.399 e. The van der Waals surface area contributed by atoms with Gasteiger partial charge < -0.3 is 10.6 Å². The summed E-state index contributed by atoms with van der Waals surface area (Å²) in [7, 11) is 0. The molecule has 2 aliphatic rings. The van der Waals surface area contributed by atoms with E-state index >= 15 is 0 Å². The molecule has 1 unspecified atom stereocenters. The van der Waals surface area contributed by atoms with Gasteiger partial charge in [-0.05, 0) is 49.8 Å². The number of carbonyl (C=O) groups excluding carboxylic acids is 1. The lowest BCUT2D eigenvalue weighted by atomic mass is 9.95. The number of nitrogen functional groups attached to an aromatic ring is 1. The molecule has 1 aliphatic heterocycles. The van der Waals surface area contributed by atoms with Crippen molar-refractivity contribution in [2.45, 2.75) is 44.6 Å². The SMILES string of the molecule is Nc1ccc(Cl)c(C(=O)N2CCCC2C2CCCC2)c1. The van der Waals surface area contributed by atoms with E-state index in [-0.39, 0.29) is 5.91 Å². The molecule has 2 fully saturated rings. The lowest BCUT2D eigenvalue weighted by Gasteiger charge is -2.29. The number of nitrogens with two attached hydrogens (primary N) is 1. The second-order valence-corrected chi connectivity index (χ2v) is 6.40. The van der Waals surface area contributed by atoms with E-state index in [1.54, 1.807) is 18.2 Å². The molecule has 20 heavy (non-hydrogen) atoms. The summed E-state index contributed by atoms with van der Waals surface area (Å²) in [6.07, 6.45) is 7.38. The Bertz CT molecular complexity index is 511. The third kappa shape index (κ3) is 2.51. The molecule has 0 bridgehead atoms. The summed E-state index contributed by atoms with van der Waals surface area (Å²) < 4.78 is 0. The van der Waals surface area contributed by atoms with Gasteiger partial charge in [-0.3, -0.25) is 4.79 Å². The minimum atomic E-state index is 0.0525. The van der Waals surface area contributed by atoms with Crippen molar-refractivity contribution in [3.8, 4) is 0 Å². The standard InChI is InChI=1S/C16H21ClN2O/c17-14-8-7-12(18)10-13(14)16(20)19-9-3-6-15(19)11-4-1-2-5-11/h7-8,10-11,15H,1-6,9,18H2. The summed E-state index contributed by atoms with van der Waals surface area (Å²) in [6.45, 7) is 0.852. The van der Waals surface area contributed by atoms with Crippen molar-refractivity contribution in [2.24, 2.45) is 5.92 Å². The molecule has 0 spiro atoms. The van der Waals surface area contributed by atoms with Crippen LogP contribution in [-0.4, -0.2) is 23.4 Å². The molecule has 108 valence electrons. The fraction of sp³-hybridized carbons (Fsp3) is 0.562. The van der Waals surface area contributed by atoms with Crippen LogP contribution >= 0.6 is 11.6 Å². The first-order valence-corrected chi connectivity index (χ1v) is 7.90. The van der Waals surface area contributed by atoms with Gasteiger partial charge in [-0.1, -0.05) is 24.4 Å². The van der Waals surface area contributed by atoms with Gasteiger partial charge in [0.1, 0.15) is 0 Å². The first-order chi connectivity index (χ1) is 9.66. The number of halogens is 1. The Morgan fingerprint density at radius 2 is 1.95 bits per heavy atom. The van der Waals surface area contributed by atoms with Crippen LogP contribution in [0.4, 0.5) is 5.69 Å². The van der Waals surface area contributed by atoms with Gasteiger partial charge in [0.05, 0.1) is 10.6 Å². The number of likely N-dealkylation sites (tertiary alicyclic amines) is 1. The van der Waals surface area contributed by atoms with Crippen molar-refractivity contribution >= 4 is 23.2 Å². The smallest absolute Gasteiger partial charge is 0.255 e. The summed E-state index contributed by atoms with van der Waals surface area (Å²) in [5, 5.41) is 0.501. The molecule has 1 aliphatic carbocycles. The van der Waals surface area contributed by atoms with Gasteiger partial charge in [-0.25, -0.2) is 0 Å². The summed E-state index contributed by atoms with van der Waals surface area (Å²) in [5.41, 5.74) is 6.94. The topological polar surface area (TPSA) is 46.3 Å². The van der Waals surface area contributed by atoms with Gasteiger partial charge in [0, 0.05) is 18.3 Å². The number of carbonyl (C=O) groups is 1. The first kappa shape index (κ1) is 13.7. The highest BCUT2D eigenvalue weighted by atomic mass is 35.5. The molecule has 1 saturated heterocycles. The highest BCUT2D eigenvalue weighted by Crippen LogP contribution is 2.36. The number of benzene rings is 1. The maximum atomic E-state index is 12.8. The monoisotopic (exact) mass is 292 g/mol. The minimum absolute atomic E-state index is 0.0525. The van der Waals surface area contributed by atoms with Crippen LogP contribution in [-0.2, 0) is 0 Å². The van der Waals surface area contributed by atoms with Crippen LogP contribution in [0.5, 0.6) is 0 Å². The molecule has 0 radical (unpaired) electrons. The van der Waals surface area contributed by atoms with Crippen LogP contribution in [0.3, 0.4) is 0 Å². The quantitative estimate of drug-likeness (QED) is 0.845. The Balaban J connectivity index is 1.83. The number of amides is 1. The molecule has 2 N–H and O–H groups in total. The lowest BCUT2D eigenvalue weighted by Crippen LogP contribution is -2.39. The second-order valence-electron chi connectivity index (χ2n) is 5.99. The summed E-state index contributed by atoms with van der Waals surface area (Å²) in [4.78, 5) is 14.8. The Morgan fingerprint density at radius 3 is 2.70 bits per heavy atom. The van der Waals surface area contributed by atoms with Crippen molar-refractivity contribution in [1.82, 2.24) is 4.90 Å². The van der Waals surface area contributed by atoms with Crippen molar-refractivity contribution in [3.05, 3.63) is 28.8 Å².